The van der Waals surface area contributed by atoms with Crippen LogP contribution >= 0.6 is 0 Å². The molecule has 1 aromatic heterocycles. The van der Waals surface area contributed by atoms with Crippen molar-refractivity contribution in [3.05, 3.63) is 11.3 Å². The van der Waals surface area contributed by atoms with Crippen LogP contribution in [0.2, 0.25) is 0 Å². The molecule has 0 unspecified atom stereocenters. The van der Waals surface area contributed by atoms with Crippen LogP contribution < -0.4 is 10.1 Å². The highest BCUT2D eigenvalue weighted by atomic mass is 16.5. The predicted octanol–water partition coefficient (Wildman–Crippen LogP) is 0.838. The molecule has 1 atom stereocenters. The van der Waals surface area contributed by atoms with E-state index in [-0.39, 0.29) is 11.9 Å². The first kappa shape index (κ1) is 14.8. The number of nitrogens with one attached hydrogen (secondary N) is 1. The summed E-state index contributed by atoms with van der Waals surface area (Å²) in [6.45, 7) is 6.44. The van der Waals surface area contributed by atoms with E-state index >= 15 is 0 Å². The summed E-state index contributed by atoms with van der Waals surface area (Å²) in [5.41, 5.74) is 2.05. The number of carbonyl (C=O) groups excluding carboxylic acids is 1. The Hall–Kier alpha value is -1.56. The molecule has 6 heteroatoms. The molecule has 0 aliphatic carbocycles. The second-order valence-electron chi connectivity index (χ2n) is 5.42. The third-order valence-electron chi connectivity index (χ3n) is 3.78. The quantitative estimate of drug-likeness (QED) is 0.839. The number of likely N-dealkylation sites (tertiary alicyclic amines) is 1. The maximum atomic E-state index is 11.6. The number of methoxy groups -OCH3 is 1. The van der Waals surface area contributed by atoms with Gasteiger partial charge in [0.2, 0.25) is 11.8 Å². The summed E-state index contributed by atoms with van der Waals surface area (Å²) >= 11 is 0. The fraction of sp³-hybridized carbons (Fsp3) is 0.714. The molecule has 1 aromatic rings. The van der Waals surface area contributed by atoms with E-state index in [2.05, 4.69) is 17.3 Å². The Morgan fingerprint density at radius 2 is 2.25 bits per heavy atom. The van der Waals surface area contributed by atoms with Crippen LogP contribution in [0.15, 0.2) is 0 Å². The van der Waals surface area contributed by atoms with Crippen LogP contribution in [0.4, 0.5) is 0 Å². The van der Waals surface area contributed by atoms with Crippen LogP contribution in [-0.2, 0) is 18.4 Å². The Morgan fingerprint density at radius 1 is 1.50 bits per heavy atom. The highest BCUT2D eigenvalue weighted by Crippen LogP contribution is 2.20. The molecule has 0 saturated carbocycles. The third-order valence-corrected chi connectivity index (χ3v) is 3.78. The molecule has 6 nitrogen and oxygen atoms in total. The first-order valence-electron chi connectivity index (χ1n) is 7.10. The van der Waals surface area contributed by atoms with Gasteiger partial charge < -0.3 is 15.0 Å². The van der Waals surface area contributed by atoms with Gasteiger partial charge in [0, 0.05) is 39.1 Å². The molecular weight excluding hydrogens is 256 g/mol. The molecule has 20 heavy (non-hydrogen) atoms. The van der Waals surface area contributed by atoms with E-state index in [9.17, 15) is 4.79 Å². The maximum absolute atomic E-state index is 11.6. The van der Waals surface area contributed by atoms with Crippen LogP contribution in [0, 0.1) is 6.92 Å². The highest BCUT2D eigenvalue weighted by Gasteiger charge is 2.22. The molecule has 1 saturated heterocycles. The van der Waals surface area contributed by atoms with Gasteiger partial charge in [0.15, 0.2) is 0 Å². The van der Waals surface area contributed by atoms with E-state index in [4.69, 9.17) is 4.74 Å². The SMILES string of the molecule is COc1c(CN[C@H](C)CN2CCCC2=O)c(C)nn1C. The van der Waals surface area contributed by atoms with E-state index in [0.29, 0.717) is 13.0 Å². The number of aromatic nitrogens is 2. The van der Waals surface area contributed by atoms with Crippen molar-refractivity contribution in [3.63, 3.8) is 0 Å². The van der Waals surface area contributed by atoms with Gasteiger partial charge in [-0.1, -0.05) is 0 Å². The first-order chi connectivity index (χ1) is 9.52. The number of hydrogen-bond acceptors (Lipinski definition) is 4. The number of hydrogen-bond donors (Lipinski definition) is 1. The van der Waals surface area contributed by atoms with Gasteiger partial charge in [-0.3, -0.25) is 4.79 Å². The van der Waals surface area contributed by atoms with Crippen LogP contribution in [0.3, 0.4) is 0 Å². The summed E-state index contributed by atoms with van der Waals surface area (Å²) in [5, 5.41) is 7.81. The molecule has 1 aliphatic rings. The molecule has 0 aromatic carbocycles. The summed E-state index contributed by atoms with van der Waals surface area (Å²) < 4.78 is 7.13. The summed E-state index contributed by atoms with van der Waals surface area (Å²) in [7, 11) is 3.54. The maximum Gasteiger partial charge on any atom is 0.222 e. The van der Waals surface area contributed by atoms with Gasteiger partial charge in [-0.25, -0.2) is 4.68 Å². The van der Waals surface area contributed by atoms with Gasteiger partial charge in [-0.2, -0.15) is 5.10 Å². The number of carbonyl (C=O) groups is 1. The van der Waals surface area contributed by atoms with E-state index in [0.717, 1.165) is 36.6 Å². The van der Waals surface area contributed by atoms with Crippen LogP contribution in [-0.4, -0.2) is 46.8 Å². The molecule has 1 N–H and O–H groups in total. The Labute approximate surface area is 120 Å². The lowest BCUT2D eigenvalue weighted by Gasteiger charge is -2.21. The zero-order valence-corrected chi connectivity index (χ0v) is 12.8. The van der Waals surface area contributed by atoms with Gasteiger partial charge in [0.05, 0.1) is 18.4 Å². The van der Waals surface area contributed by atoms with Gasteiger partial charge in [0.25, 0.3) is 0 Å². The van der Waals surface area contributed by atoms with Crippen molar-refractivity contribution in [2.24, 2.45) is 7.05 Å². The second kappa shape index (κ2) is 6.26. The molecule has 2 rings (SSSR count). The van der Waals surface area contributed by atoms with E-state index < -0.39 is 0 Å². The lowest BCUT2D eigenvalue weighted by Crippen LogP contribution is -2.39. The molecule has 112 valence electrons. The number of amides is 1. The summed E-state index contributed by atoms with van der Waals surface area (Å²) in [6, 6.07) is 0.251. The van der Waals surface area contributed by atoms with Gasteiger partial charge in [-0.15, -0.1) is 0 Å². The van der Waals surface area contributed by atoms with Crippen LogP contribution in [0.1, 0.15) is 31.0 Å². The lowest BCUT2D eigenvalue weighted by atomic mass is 10.2. The van der Waals surface area contributed by atoms with Crippen molar-refractivity contribution >= 4 is 5.91 Å². The zero-order valence-electron chi connectivity index (χ0n) is 12.8. The summed E-state index contributed by atoms with van der Waals surface area (Å²) in [6.07, 6.45) is 1.68. The van der Waals surface area contributed by atoms with E-state index in [1.165, 1.54) is 0 Å². The highest BCUT2D eigenvalue weighted by molar-refractivity contribution is 5.78. The van der Waals surface area contributed by atoms with Crippen molar-refractivity contribution in [2.75, 3.05) is 20.2 Å². The van der Waals surface area contributed by atoms with Gasteiger partial charge in [-0.05, 0) is 20.3 Å². The molecular formula is C14H24N4O2. The Kier molecular flexibility index (Phi) is 4.65. The number of ether oxygens (including phenoxy) is 1. The molecule has 0 spiro atoms. The Bertz CT molecular complexity index is 484. The molecule has 1 fully saturated rings. The minimum Gasteiger partial charge on any atom is -0.481 e. The largest absolute Gasteiger partial charge is 0.481 e. The van der Waals surface area contributed by atoms with Crippen molar-refractivity contribution in [1.82, 2.24) is 20.0 Å². The monoisotopic (exact) mass is 280 g/mol. The van der Waals surface area contributed by atoms with Crippen LogP contribution in [0.25, 0.3) is 0 Å². The van der Waals surface area contributed by atoms with Crippen molar-refractivity contribution in [1.29, 1.82) is 0 Å². The third kappa shape index (κ3) is 3.12. The smallest absolute Gasteiger partial charge is 0.222 e. The normalized spacial score (nSPS) is 16.8. The molecule has 1 amide bonds. The summed E-state index contributed by atoms with van der Waals surface area (Å²) in [5.74, 6) is 1.06. The number of nitrogens with zero attached hydrogens (tertiary/aromatic N) is 3. The van der Waals surface area contributed by atoms with Crippen molar-refractivity contribution in [2.45, 2.75) is 39.3 Å². The zero-order chi connectivity index (χ0) is 14.7. The molecule has 0 bridgehead atoms. The van der Waals surface area contributed by atoms with Gasteiger partial charge in [0.1, 0.15) is 0 Å². The Morgan fingerprint density at radius 3 is 2.85 bits per heavy atom. The van der Waals surface area contributed by atoms with Crippen molar-refractivity contribution in [3.8, 4) is 5.88 Å². The molecule has 1 aliphatic heterocycles. The number of aryl methyl sites for hydroxylation is 2. The fourth-order valence-corrected chi connectivity index (χ4v) is 2.71. The topological polar surface area (TPSA) is 59.4 Å². The minimum atomic E-state index is 0.251. The standard InChI is InChI=1S/C14H24N4O2/c1-10(9-18-7-5-6-13(18)19)15-8-12-11(2)16-17(3)14(12)20-4/h10,15H,5-9H2,1-4H3/t10-/m1/s1. The molecule has 2 heterocycles. The van der Waals surface area contributed by atoms with E-state index in [1.807, 2.05) is 18.9 Å². The van der Waals surface area contributed by atoms with E-state index in [1.54, 1.807) is 11.8 Å². The van der Waals surface area contributed by atoms with Crippen molar-refractivity contribution < 1.29 is 9.53 Å². The summed E-state index contributed by atoms with van der Waals surface area (Å²) in [4.78, 5) is 13.5. The number of rotatable bonds is 6. The average Bonchev–Trinajstić information content (AvgIpc) is 2.91. The minimum absolute atomic E-state index is 0.251. The first-order valence-corrected chi connectivity index (χ1v) is 7.10. The van der Waals surface area contributed by atoms with Gasteiger partial charge >= 0.3 is 0 Å². The Balaban J connectivity index is 1.90. The lowest BCUT2D eigenvalue weighted by molar-refractivity contribution is -0.127. The fourth-order valence-electron chi connectivity index (χ4n) is 2.71. The predicted molar refractivity (Wildman–Crippen MR) is 76.6 cm³/mol. The molecule has 0 radical (unpaired) electrons. The second-order valence-corrected chi connectivity index (χ2v) is 5.42. The van der Waals surface area contributed by atoms with Crippen LogP contribution in [0.5, 0.6) is 5.88 Å². The average molecular weight is 280 g/mol.